The van der Waals surface area contributed by atoms with E-state index >= 15 is 0 Å². The molecule has 0 aliphatic carbocycles. The van der Waals surface area contributed by atoms with Crippen molar-refractivity contribution in [3.05, 3.63) is 52.3 Å². The zero-order valence-electron chi connectivity index (χ0n) is 16.6. The van der Waals surface area contributed by atoms with Crippen LogP contribution in [0.5, 0.6) is 0 Å². The fourth-order valence-corrected chi connectivity index (χ4v) is 3.41. The van der Waals surface area contributed by atoms with Crippen LogP contribution in [0.3, 0.4) is 0 Å². The Kier molecular flexibility index (Phi) is 6.54. The second-order valence-corrected chi connectivity index (χ2v) is 7.83. The number of primary amides is 1. The minimum atomic E-state index is -0.422. The zero-order valence-corrected chi connectivity index (χ0v) is 16.6. The molecule has 1 heterocycles. The van der Waals surface area contributed by atoms with Gasteiger partial charge in [0.1, 0.15) is 0 Å². The lowest BCUT2D eigenvalue weighted by Crippen LogP contribution is -2.19. The molecule has 1 aromatic carbocycles. The third-order valence-electron chi connectivity index (χ3n) is 4.50. The fraction of sp³-hybridized carbons (Fsp3) is 0.455. The summed E-state index contributed by atoms with van der Waals surface area (Å²) in [6.45, 7) is 11.1. The molecular weight excluding hydrogens is 322 g/mol. The number of pyridine rings is 1. The number of hydrogen-bond acceptors (Lipinski definition) is 3. The first-order chi connectivity index (χ1) is 12.2. The Morgan fingerprint density at radius 1 is 1.04 bits per heavy atom. The zero-order chi connectivity index (χ0) is 19.4. The summed E-state index contributed by atoms with van der Waals surface area (Å²) in [6.07, 6.45) is 1.75. The molecule has 1 amide bonds. The molecule has 0 aliphatic rings. The summed E-state index contributed by atoms with van der Waals surface area (Å²) in [5.41, 5.74) is 18.0. The van der Waals surface area contributed by atoms with Gasteiger partial charge in [0.15, 0.2) is 0 Å². The van der Waals surface area contributed by atoms with Gasteiger partial charge in [-0.3, -0.25) is 9.78 Å². The number of rotatable bonds is 7. The average Bonchev–Trinajstić information content (AvgIpc) is 2.55. The van der Waals surface area contributed by atoms with Gasteiger partial charge >= 0.3 is 0 Å². The largest absolute Gasteiger partial charge is 0.366 e. The molecule has 2 aromatic rings. The molecule has 0 saturated heterocycles. The maximum Gasteiger partial charge on any atom is 0.251 e. The molecule has 0 aliphatic heterocycles. The van der Waals surface area contributed by atoms with E-state index in [-0.39, 0.29) is 0 Å². The number of hydrogen-bond donors (Lipinski definition) is 2. The van der Waals surface area contributed by atoms with Gasteiger partial charge in [-0.25, -0.2) is 0 Å². The summed E-state index contributed by atoms with van der Waals surface area (Å²) in [7, 11) is 0. The molecule has 4 N–H and O–H groups in total. The van der Waals surface area contributed by atoms with E-state index in [0.717, 1.165) is 40.8 Å². The van der Waals surface area contributed by atoms with E-state index in [4.69, 9.17) is 16.5 Å². The molecule has 0 spiro atoms. The third-order valence-corrected chi connectivity index (χ3v) is 4.50. The van der Waals surface area contributed by atoms with Crippen LogP contribution in [0, 0.1) is 18.8 Å². The molecule has 4 nitrogen and oxygen atoms in total. The minimum absolute atomic E-state index is 0.422. The van der Waals surface area contributed by atoms with Gasteiger partial charge in [-0.1, -0.05) is 52.0 Å². The van der Waals surface area contributed by atoms with Gasteiger partial charge in [-0.15, -0.1) is 0 Å². The Bertz CT molecular complexity index is 777. The predicted molar refractivity (Wildman–Crippen MR) is 108 cm³/mol. The number of aromatic nitrogens is 1. The highest BCUT2D eigenvalue weighted by Gasteiger charge is 2.23. The molecule has 0 fully saturated rings. The first-order valence-corrected chi connectivity index (χ1v) is 9.36. The van der Waals surface area contributed by atoms with Crippen LogP contribution < -0.4 is 11.5 Å². The highest BCUT2D eigenvalue weighted by atomic mass is 16.1. The van der Waals surface area contributed by atoms with E-state index in [1.54, 1.807) is 0 Å². The first-order valence-electron chi connectivity index (χ1n) is 9.36. The maximum absolute atomic E-state index is 12.3. The normalized spacial score (nSPS) is 11.4. The highest BCUT2D eigenvalue weighted by molar-refractivity contribution is 6.01. The Balaban J connectivity index is 2.80. The van der Waals surface area contributed by atoms with E-state index in [1.807, 2.05) is 31.2 Å². The molecule has 26 heavy (non-hydrogen) atoms. The van der Waals surface area contributed by atoms with Crippen LogP contribution in [0.15, 0.2) is 24.3 Å². The molecule has 0 atom stereocenters. The highest BCUT2D eigenvalue weighted by Crippen LogP contribution is 2.34. The number of carbonyl (C=O) groups is 1. The minimum Gasteiger partial charge on any atom is -0.366 e. The van der Waals surface area contributed by atoms with Gasteiger partial charge in [-0.2, -0.15) is 0 Å². The van der Waals surface area contributed by atoms with Gasteiger partial charge in [0.05, 0.1) is 11.3 Å². The van der Waals surface area contributed by atoms with Gasteiger partial charge in [0.25, 0.3) is 5.91 Å². The van der Waals surface area contributed by atoms with E-state index < -0.39 is 5.91 Å². The van der Waals surface area contributed by atoms with Crippen LogP contribution in [0.25, 0.3) is 11.1 Å². The number of benzene rings is 1. The Labute approximate surface area is 157 Å². The van der Waals surface area contributed by atoms with Crippen molar-refractivity contribution < 1.29 is 4.79 Å². The van der Waals surface area contributed by atoms with E-state index in [0.29, 0.717) is 29.6 Å². The number of aryl methyl sites for hydroxylation is 1. The lowest BCUT2D eigenvalue weighted by atomic mass is 9.86. The number of carbonyl (C=O) groups excluding carboxylic acids is 1. The van der Waals surface area contributed by atoms with Gasteiger partial charge in [0, 0.05) is 17.8 Å². The number of amides is 1. The van der Waals surface area contributed by atoms with Crippen molar-refractivity contribution in [1.82, 2.24) is 4.98 Å². The number of nitrogens with two attached hydrogens (primary N) is 2. The quantitative estimate of drug-likeness (QED) is 0.789. The van der Waals surface area contributed by atoms with Crippen LogP contribution >= 0.6 is 0 Å². The maximum atomic E-state index is 12.3. The summed E-state index contributed by atoms with van der Waals surface area (Å²) in [5.74, 6) is 0.516. The van der Waals surface area contributed by atoms with Crippen LogP contribution in [0.1, 0.15) is 60.6 Å². The smallest absolute Gasteiger partial charge is 0.251 e. The molecule has 140 valence electrons. The molecule has 2 rings (SSSR count). The summed E-state index contributed by atoms with van der Waals surface area (Å²) < 4.78 is 0. The third kappa shape index (κ3) is 4.50. The van der Waals surface area contributed by atoms with Crippen molar-refractivity contribution >= 4 is 5.91 Å². The van der Waals surface area contributed by atoms with Gasteiger partial charge in [-0.05, 0) is 48.3 Å². The SMILES string of the molecule is Cc1nc(CC(C)C)c(CC(C)C)c(-c2ccc(CN)cc2)c1C(N)=O. The van der Waals surface area contributed by atoms with Crippen molar-refractivity contribution in [2.45, 2.75) is 54.0 Å². The van der Waals surface area contributed by atoms with Crippen LogP contribution in [0.2, 0.25) is 0 Å². The average molecular weight is 354 g/mol. The van der Waals surface area contributed by atoms with Gasteiger partial charge < -0.3 is 11.5 Å². The van der Waals surface area contributed by atoms with Crippen molar-refractivity contribution in [2.24, 2.45) is 23.3 Å². The van der Waals surface area contributed by atoms with Crippen molar-refractivity contribution in [1.29, 1.82) is 0 Å². The standard InChI is InChI=1S/C22H31N3O/c1-13(2)10-18-19(11-14(3)4)25-15(5)20(22(24)26)21(18)17-8-6-16(12-23)7-9-17/h6-9,13-14H,10-12,23H2,1-5H3,(H2,24,26). The van der Waals surface area contributed by atoms with E-state index in [2.05, 4.69) is 27.7 Å². The lowest BCUT2D eigenvalue weighted by molar-refractivity contribution is 0.1000. The molecule has 4 heteroatoms. The molecule has 0 radical (unpaired) electrons. The van der Waals surface area contributed by atoms with Crippen molar-refractivity contribution in [2.75, 3.05) is 0 Å². The molecular formula is C22H31N3O. The van der Waals surface area contributed by atoms with Crippen molar-refractivity contribution in [3.8, 4) is 11.1 Å². The summed E-state index contributed by atoms with van der Waals surface area (Å²) >= 11 is 0. The summed E-state index contributed by atoms with van der Waals surface area (Å²) in [4.78, 5) is 17.1. The second kappa shape index (κ2) is 8.45. The fourth-order valence-electron chi connectivity index (χ4n) is 3.41. The Hall–Kier alpha value is -2.20. The van der Waals surface area contributed by atoms with Crippen LogP contribution in [0.4, 0.5) is 0 Å². The summed E-state index contributed by atoms with van der Waals surface area (Å²) in [5, 5.41) is 0. The topological polar surface area (TPSA) is 82.0 Å². The number of nitrogens with zero attached hydrogens (tertiary/aromatic N) is 1. The Morgan fingerprint density at radius 3 is 2.08 bits per heavy atom. The van der Waals surface area contributed by atoms with Crippen molar-refractivity contribution in [3.63, 3.8) is 0 Å². The van der Waals surface area contributed by atoms with E-state index in [9.17, 15) is 4.79 Å². The van der Waals surface area contributed by atoms with Gasteiger partial charge in [0.2, 0.25) is 0 Å². The molecule has 0 unspecified atom stereocenters. The molecule has 0 bridgehead atoms. The van der Waals surface area contributed by atoms with Crippen LogP contribution in [-0.2, 0) is 19.4 Å². The predicted octanol–water partition coefficient (Wildman–Crippen LogP) is 4.01. The first kappa shape index (κ1) is 20.1. The summed E-state index contributed by atoms with van der Waals surface area (Å²) in [6, 6.07) is 8.09. The van der Waals surface area contributed by atoms with E-state index in [1.165, 1.54) is 0 Å². The lowest BCUT2D eigenvalue weighted by Gasteiger charge is -2.21. The van der Waals surface area contributed by atoms with Crippen LogP contribution in [-0.4, -0.2) is 10.9 Å². The Morgan fingerprint density at radius 2 is 1.62 bits per heavy atom. The second-order valence-electron chi connectivity index (χ2n) is 7.83. The molecule has 1 aromatic heterocycles. The monoisotopic (exact) mass is 353 g/mol. The molecule has 0 saturated carbocycles.